The van der Waals surface area contributed by atoms with Gasteiger partial charge in [-0.25, -0.2) is 4.98 Å². The fourth-order valence-corrected chi connectivity index (χ4v) is 2.90. The van der Waals surface area contributed by atoms with E-state index in [0.717, 1.165) is 31.7 Å². The van der Waals surface area contributed by atoms with Crippen LogP contribution in [0, 0.1) is 0 Å². The van der Waals surface area contributed by atoms with Crippen LogP contribution in [-0.2, 0) is 6.18 Å². The molecule has 3 rings (SSSR count). The molecule has 0 aliphatic heterocycles. The first-order valence-corrected chi connectivity index (χ1v) is 8.45. The Balaban J connectivity index is 1.91. The summed E-state index contributed by atoms with van der Waals surface area (Å²) in [7, 11) is 0. The van der Waals surface area contributed by atoms with Gasteiger partial charge in [-0.05, 0) is 25.0 Å². The van der Waals surface area contributed by atoms with Crippen molar-refractivity contribution in [1.29, 1.82) is 0 Å². The molecule has 1 aliphatic rings. The van der Waals surface area contributed by atoms with E-state index in [9.17, 15) is 26.3 Å². The summed E-state index contributed by atoms with van der Waals surface area (Å²) < 4.78 is 81.1. The van der Waals surface area contributed by atoms with Crippen molar-refractivity contribution in [3.8, 4) is 5.75 Å². The summed E-state index contributed by atoms with van der Waals surface area (Å²) in [6, 6.07) is 5.58. The number of para-hydroxylation sites is 2. The zero-order chi connectivity index (χ0) is 20.4. The van der Waals surface area contributed by atoms with Crippen molar-refractivity contribution in [3.63, 3.8) is 0 Å². The number of nitrogens with one attached hydrogen (secondary N) is 2. The maximum absolute atomic E-state index is 13.2. The third-order valence-corrected chi connectivity index (χ3v) is 4.08. The van der Waals surface area contributed by atoms with Gasteiger partial charge in [0.15, 0.2) is 11.4 Å². The van der Waals surface area contributed by atoms with Crippen molar-refractivity contribution in [3.05, 3.63) is 36.0 Å². The van der Waals surface area contributed by atoms with Crippen molar-refractivity contribution >= 4 is 17.5 Å². The minimum absolute atomic E-state index is 0.0443. The smallest absolute Gasteiger partial charge is 0.404 e. The Hall–Kier alpha value is -2.72. The van der Waals surface area contributed by atoms with Crippen molar-refractivity contribution in [1.82, 2.24) is 9.97 Å². The lowest BCUT2D eigenvalue weighted by molar-refractivity contribution is -0.274. The molecule has 1 fully saturated rings. The van der Waals surface area contributed by atoms with Gasteiger partial charge in [0.1, 0.15) is 5.82 Å². The fourth-order valence-electron chi connectivity index (χ4n) is 2.90. The van der Waals surface area contributed by atoms with E-state index in [4.69, 9.17) is 0 Å². The normalized spacial score (nSPS) is 15.5. The highest BCUT2D eigenvalue weighted by Crippen LogP contribution is 2.34. The highest BCUT2D eigenvalue weighted by molar-refractivity contribution is 5.65. The van der Waals surface area contributed by atoms with Crippen LogP contribution in [0.15, 0.2) is 30.3 Å². The molecule has 0 bridgehead atoms. The number of hydrogen-bond acceptors (Lipinski definition) is 5. The number of halogens is 6. The van der Waals surface area contributed by atoms with Gasteiger partial charge >= 0.3 is 12.5 Å². The SMILES string of the molecule is FC(F)(F)Oc1ccccc1Nc1cc(C(F)(F)F)nc(NC2CCCC2)n1. The van der Waals surface area contributed by atoms with Crippen LogP contribution in [-0.4, -0.2) is 22.4 Å². The first-order chi connectivity index (χ1) is 13.1. The van der Waals surface area contributed by atoms with E-state index >= 15 is 0 Å². The van der Waals surface area contributed by atoms with E-state index < -0.39 is 24.0 Å². The molecule has 5 nitrogen and oxygen atoms in total. The molecule has 11 heteroatoms. The highest BCUT2D eigenvalue weighted by atomic mass is 19.4. The van der Waals surface area contributed by atoms with Gasteiger partial charge in [0.25, 0.3) is 0 Å². The van der Waals surface area contributed by atoms with Crippen molar-refractivity contribution in [2.45, 2.75) is 44.3 Å². The molecular formula is C17H16F6N4O. The maximum Gasteiger partial charge on any atom is 0.573 e. The molecule has 152 valence electrons. The Morgan fingerprint density at radius 2 is 1.64 bits per heavy atom. The van der Waals surface area contributed by atoms with Crippen LogP contribution in [0.4, 0.5) is 43.8 Å². The first-order valence-electron chi connectivity index (χ1n) is 8.45. The third-order valence-electron chi connectivity index (χ3n) is 4.08. The van der Waals surface area contributed by atoms with Crippen LogP contribution in [0.5, 0.6) is 5.75 Å². The van der Waals surface area contributed by atoms with E-state index in [-0.39, 0.29) is 23.5 Å². The summed E-state index contributed by atoms with van der Waals surface area (Å²) in [5.74, 6) is -1.13. The number of nitrogens with zero attached hydrogens (tertiary/aromatic N) is 2. The Kier molecular flexibility index (Phi) is 5.52. The van der Waals surface area contributed by atoms with E-state index in [2.05, 4.69) is 25.3 Å². The molecule has 0 unspecified atom stereocenters. The summed E-state index contributed by atoms with van der Waals surface area (Å²) in [6.45, 7) is 0. The predicted octanol–water partition coefficient (Wildman–Crippen LogP) is 5.49. The zero-order valence-electron chi connectivity index (χ0n) is 14.4. The molecular weight excluding hydrogens is 390 g/mol. The van der Waals surface area contributed by atoms with Gasteiger partial charge in [-0.3, -0.25) is 0 Å². The molecule has 2 aromatic rings. The quantitative estimate of drug-likeness (QED) is 0.643. The summed E-state index contributed by atoms with van der Waals surface area (Å²) >= 11 is 0. The molecule has 1 aliphatic carbocycles. The monoisotopic (exact) mass is 406 g/mol. The average molecular weight is 406 g/mol. The molecule has 1 heterocycles. The Labute approximate surface area is 156 Å². The topological polar surface area (TPSA) is 59.1 Å². The number of alkyl halides is 6. The van der Waals surface area contributed by atoms with Crippen molar-refractivity contribution in [2.24, 2.45) is 0 Å². The molecule has 2 N–H and O–H groups in total. The van der Waals surface area contributed by atoms with E-state index in [1.54, 1.807) is 0 Å². The molecule has 0 atom stereocenters. The summed E-state index contributed by atoms with van der Waals surface area (Å²) in [6.07, 6.45) is -6.23. The van der Waals surface area contributed by atoms with Gasteiger partial charge in [0.05, 0.1) is 5.69 Å². The van der Waals surface area contributed by atoms with Gasteiger partial charge < -0.3 is 15.4 Å². The lowest BCUT2D eigenvalue weighted by Crippen LogP contribution is -2.20. The number of aromatic nitrogens is 2. The van der Waals surface area contributed by atoms with Crippen LogP contribution in [0.25, 0.3) is 0 Å². The number of ether oxygens (including phenoxy) is 1. The number of benzene rings is 1. The van der Waals surface area contributed by atoms with Crippen molar-refractivity contribution < 1.29 is 31.1 Å². The van der Waals surface area contributed by atoms with Gasteiger partial charge in [-0.15, -0.1) is 13.2 Å². The van der Waals surface area contributed by atoms with Crippen LogP contribution < -0.4 is 15.4 Å². The first kappa shape index (κ1) is 20.0. The molecule has 1 saturated carbocycles. The molecule has 0 spiro atoms. The van der Waals surface area contributed by atoms with Crippen LogP contribution >= 0.6 is 0 Å². The highest BCUT2D eigenvalue weighted by Gasteiger charge is 2.35. The van der Waals surface area contributed by atoms with Gasteiger partial charge in [-0.2, -0.15) is 18.2 Å². The molecule has 1 aromatic carbocycles. The van der Waals surface area contributed by atoms with Crippen LogP contribution in [0.2, 0.25) is 0 Å². The molecule has 0 amide bonds. The second-order valence-corrected chi connectivity index (χ2v) is 6.25. The number of rotatable bonds is 5. The second-order valence-electron chi connectivity index (χ2n) is 6.25. The van der Waals surface area contributed by atoms with Crippen LogP contribution in [0.3, 0.4) is 0 Å². The molecule has 0 radical (unpaired) electrons. The maximum atomic E-state index is 13.2. The van der Waals surface area contributed by atoms with E-state index in [1.807, 2.05) is 0 Å². The summed E-state index contributed by atoms with van der Waals surface area (Å²) in [5.41, 5.74) is -1.39. The standard InChI is InChI=1S/C17H16F6N4O/c18-16(19,20)13-9-14(27-15(26-13)24-10-5-1-2-6-10)25-11-7-3-4-8-12(11)28-17(21,22)23/h3-4,7-10H,1-2,5-6H2,(H2,24,25,26,27). The molecule has 1 aromatic heterocycles. The largest absolute Gasteiger partial charge is 0.573 e. The van der Waals surface area contributed by atoms with Gasteiger partial charge in [0, 0.05) is 12.1 Å². The summed E-state index contributed by atoms with van der Waals surface area (Å²) in [5, 5.41) is 5.32. The predicted molar refractivity (Wildman–Crippen MR) is 89.3 cm³/mol. The average Bonchev–Trinajstić information content (AvgIpc) is 3.07. The third kappa shape index (κ3) is 5.40. The van der Waals surface area contributed by atoms with Crippen molar-refractivity contribution in [2.75, 3.05) is 10.6 Å². The number of hydrogen-bond donors (Lipinski definition) is 2. The zero-order valence-corrected chi connectivity index (χ0v) is 14.4. The lowest BCUT2D eigenvalue weighted by Gasteiger charge is -2.17. The van der Waals surface area contributed by atoms with Gasteiger partial charge in [-0.1, -0.05) is 25.0 Å². The Morgan fingerprint density at radius 1 is 0.964 bits per heavy atom. The van der Waals surface area contributed by atoms with E-state index in [0.29, 0.717) is 6.07 Å². The Morgan fingerprint density at radius 3 is 2.29 bits per heavy atom. The molecule has 28 heavy (non-hydrogen) atoms. The summed E-state index contributed by atoms with van der Waals surface area (Å²) in [4.78, 5) is 7.47. The lowest BCUT2D eigenvalue weighted by atomic mass is 10.2. The van der Waals surface area contributed by atoms with E-state index in [1.165, 1.54) is 18.2 Å². The van der Waals surface area contributed by atoms with Crippen LogP contribution in [0.1, 0.15) is 31.4 Å². The molecule has 0 saturated heterocycles. The minimum atomic E-state index is -4.95. The Bertz CT molecular complexity index is 818. The van der Waals surface area contributed by atoms with Gasteiger partial charge in [0.2, 0.25) is 5.95 Å². The number of anilines is 3. The minimum Gasteiger partial charge on any atom is -0.404 e. The second kappa shape index (κ2) is 7.72. The fraction of sp³-hybridized carbons (Fsp3) is 0.412.